The Labute approximate surface area is 126 Å². The monoisotopic (exact) mass is 287 g/mol. The molecule has 3 rings (SSSR count). The summed E-state index contributed by atoms with van der Waals surface area (Å²) in [6, 6.07) is 1.85. The van der Waals surface area contributed by atoms with Gasteiger partial charge >= 0.3 is 0 Å². The minimum absolute atomic E-state index is 0.138. The van der Waals surface area contributed by atoms with Gasteiger partial charge in [0.15, 0.2) is 0 Å². The largest absolute Gasteiger partial charge is 0.397 e. The number of aromatic nitrogens is 1. The molecule has 4 heteroatoms. The summed E-state index contributed by atoms with van der Waals surface area (Å²) in [5.41, 5.74) is 7.26. The second-order valence-corrected chi connectivity index (χ2v) is 6.74. The molecule has 3 N–H and O–H groups in total. The molecule has 0 radical (unpaired) electrons. The minimum Gasteiger partial charge on any atom is -0.397 e. The van der Waals surface area contributed by atoms with E-state index in [0.717, 1.165) is 30.2 Å². The van der Waals surface area contributed by atoms with Crippen LogP contribution in [-0.2, 0) is 4.79 Å². The molecule has 1 amide bonds. The zero-order chi connectivity index (χ0) is 14.8. The number of anilines is 2. The number of hydrogen-bond acceptors (Lipinski definition) is 3. The van der Waals surface area contributed by atoms with Crippen molar-refractivity contribution in [3.8, 4) is 0 Å². The van der Waals surface area contributed by atoms with Crippen molar-refractivity contribution in [3.63, 3.8) is 0 Å². The lowest BCUT2D eigenvalue weighted by atomic mass is 9.67. The summed E-state index contributed by atoms with van der Waals surface area (Å²) in [4.78, 5) is 16.7. The number of amides is 1. The Morgan fingerprint density at radius 2 is 2.00 bits per heavy atom. The maximum atomic E-state index is 12.5. The van der Waals surface area contributed by atoms with Gasteiger partial charge in [0, 0.05) is 5.92 Å². The molecule has 2 aliphatic rings. The first kappa shape index (κ1) is 14.4. The average Bonchev–Trinajstić information content (AvgIpc) is 2.49. The predicted molar refractivity (Wildman–Crippen MR) is 84.8 cm³/mol. The number of hydrogen-bond donors (Lipinski definition) is 2. The van der Waals surface area contributed by atoms with E-state index >= 15 is 0 Å². The van der Waals surface area contributed by atoms with Gasteiger partial charge in [0.1, 0.15) is 5.82 Å². The topological polar surface area (TPSA) is 68.0 Å². The normalized spacial score (nSPS) is 28.7. The number of nitrogens with zero attached hydrogens (tertiary/aromatic N) is 1. The molecule has 114 valence electrons. The van der Waals surface area contributed by atoms with E-state index in [1.165, 1.54) is 32.1 Å². The first-order chi connectivity index (χ1) is 10.1. The molecule has 1 aromatic rings. The third-order valence-corrected chi connectivity index (χ3v) is 5.25. The summed E-state index contributed by atoms with van der Waals surface area (Å²) < 4.78 is 0. The van der Waals surface area contributed by atoms with E-state index in [2.05, 4.69) is 10.3 Å². The summed E-state index contributed by atoms with van der Waals surface area (Å²) in [6.45, 7) is 1.93. The van der Waals surface area contributed by atoms with Gasteiger partial charge in [0.25, 0.3) is 0 Å². The number of nitrogens with two attached hydrogens (primary N) is 1. The van der Waals surface area contributed by atoms with Crippen molar-refractivity contribution < 1.29 is 4.79 Å². The number of fused-ring (bicyclic) bond motifs is 1. The Hall–Kier alpha value is -1.58. The van der Waals surface area contributed by atoms with Crippen molar-refractivity contribution in [2.45, 2.75) is 51.9 Å². The van der Waals surface area contributed by atoms with Gasteiger partial charge in [-0.25, -0.2) is 4.98 Å². The minimum atomic E-state index is 0.138. The second-order valence-electron chi connectivity index (χ2n) is 6.74. The Bertz CT molecular complexity index is 529. The average molecular weight is 287 g/mol. The number of pyridine rings is 1. The fourth-order valence-electron chi connectivity index (χ4n) is 4.06. The van der Waals surface area contributed by atoms with Crippen LogP contribution in [0.4, 0.5) is 11.5 Å². The van der Waals surface area contributed by atoms with Crippen molar-refractivity contribution in [2.24, 2.45) is 17.8 Å². The zero-order valence-corrected chi connectivity index (χ0v) is 12.8. The molecule has 2 saturated carbocycles. The maximum absolute atomic E-state index is 12.5. The molecule has 3 atom stereocenters. The Kier molecular flexibility index (Phi) is 4.13. The van der Waals surface area contributed by atoms with Crippen LogP contribution in [0.5, 0.6) is 0 Å². The van der Waals surface area contributed by atoms with Crippen LogP contribution >= 0.6 is 0 Å². The standard InChI is InChI=1S/C17H25N3O/c1-11-8-15(18)10-19-16(11)20-17(21)14-7-6-12-4-2-3-5-13(12)9-14/h8,10,12-14H,2-7,9,18H2,1H3,(H,19,20,21). The lowest BCUT2D eigenvalue weighted by Crippen LogP contribution is -2.34. The molecule has 0 bridgehead atoms. The van der Waals surface area contributed by atoms with E-state index in [9.17, 15) is 4.79 Å². The van der Waals surface area contributed by atoms with Gasteiger partial charge in [-0.15, -0.1) is 0 Å². The lowest BCUT2D eigenvalue weighted by molar-refractivity contribution is -0.122. The van der Waals surface area contributed by atoms with Crippen LogP contribution in [0.2, 0.25) is 0 Å². The summed E-state index contributed by atoms with van der Waals surface area (Å²) in [6.07, 6.45) is 10.3. The lowest BCUT2D eigenvalue weighted by Gasteiger charge is -2.38. The van der Waals surface area contributed by atoms with E-state index in [1.807, 2.05) is 13.0 Å². The number of carbonyl (C=O) groups is 1. The molecule has 0 aromatic carbocycles. The van der Waals surface area contributed by atoms with Crippen molar-refractivity contribution >= 4 is 17.4 Å². The molecule has 1 heterocycles. The summed E-state index contributed by atoms with van der Waals surface area (Å²) in [5.74, 6) is 2.59. The van der Waals surface area contributed by atoms with Gasteiger partial charge in [-0.2, -0.15) is 0 Å². The highest BCUT2D eigenvalue weighted by atomic mass is 16.1. The fourth-order valence-corrected chi connectivity index (χ4v) is 4.06. The van der Waals surface area contributed by atoms with Crippen LogP contribution in [0.15, 0.2) is 12.3 Å². The highest BCUT2D eigenvalue weighted by Gasteiger charge is 2.35. The summed E-state index contributed by atoms with van der Waals surface area (Å²) in [5, 5.41) is 3.00. The Morgan fingerprint density at radius 1 is 1.24 bits per heavy atom. The molecule has 21 heavy (non-hydrogen) atoms. The second kappa shape index (κ2) is 6.04. The molecule has 3 unspecified atom stereocenters. The third-order valence-electron chi connectivity index (χ3n) is 5.25. The number of nitrogen functional groups attached to an aromatic ring is 1. The fraction of sp³-hybridized carbons (Fsp3) is 0.647. The van der Waals surface area contributed by atoms with E-state index in [4.69, 9.17) is 5.73 Å². The van der Waals surface area contributed by atoms with Gasteiger partial charge in [-0.1, -0.05) is 25.7 Å². The van der Waals surface area contributed by atoms with Crippen LogP contribution < -0.4 is 11.1 Å². The van der Waals surface area contributed by atoms with Gasteiger partial charge in [-0.05, 0) is 49.7 Å². The Morgan fingerprint density at radius 3 is 2.76 bits per heavy atom. The molecule has 0 spiro atoms. The van der Waals surface area contributed by atoms with Crippen molar-refractivity contribution in [2.75, 3.05) is 11.1 Å². The van der Waals surface area contributed by atoms with Gasteiger partial charge in [0.2, 0.25) is 5.91 Å². The molecular weight excluding hydrogens is 262 g/mol. The van der Waals surface area contributed by atoms with E-state index < -0.39 is 0 Å². The van der Waals surface area contributed by atoms with E-state index in [0.29, 0.717) is 11.5 Å². The number of rotatable bonds is 2. The van der Waals surface area contributed by atoms with Gasteiger partial charge in [-0.3, -0.25) is 4.79 Å². The highest BCUT2D eigenvalue weighted by molar-refractivity contribution is 5.92. The number of aryl methyl sites for hydroxylation is 1. The van der Waals surface area contributed by atoms with Crippen molar-refractivity contribution in [3.05, 3.63) is 17.8 Å². The zero-order valence-electron chi connectivity index (χ0n) is 12.8. The quantitative estimate of drug-likeness (QED) is 0.874. The maximum Gasteiger partial charge on any atom is 0.228 e. The van der Waals surface area contributed by atoms with Crippen LogP contribution in [0.3, 0.4) is 0 Å². The molecule has 1 aromatic heterocycles. The van der Waals surface area contributed by atoms with Crippen LogP contribution in [0.25, 0.3) is 0 Å². The molecular formula is C17H25N3O. The smallest absolute Gasteiger partial charge is 0.228 e. The molecule has 2 aliphatic carbocycles. The first-order valence-electron chi connectivity index (χ1n) is 8.16. The van der Waals surface area contributed by atoms with Crippen LogP contribution in [0.1, 0.15) is 50.5 Å². The number of carbonyl (C=O) groups excluding carboxylic acids is 1. The van der Waals surface area contributed by atoms with Crippen LogP contribution in [-0.4, -0.2) is 10.9 Å². The predicted octanol–water partition coefficient (Wildman–Crippen LogP) is 3.52. The summed E-state index contributed by atoms with van der Waals surface area (Å²) in [7, 11) is 0. The SMILES string of the molecule is Cc1cc(N)cnc1NC(=O)C1CCC2CCCCC2C1. The van der Waals surface area contributed by atoms with Gasteiger partial charge in [0.05, 0.1) is 11.9 Å². The molecule has 0 aliphatic heterocycles. The molecule has 0 saturated heterocycles. The number of nitrogens with one attached hydrogen (secondary N) is 1. The summed E-state index contributed by atoms with van der Waals surface area (Å²) >= 11 is 0. The van der Waals surface area contributed by atoms with Gasteiger partial charge < -0.3 is 11.1 Å². The van der Waals surface area contributed by atoms with Crippen LogP contribution in [0, 0.1) is 24.7 Å². The first-order valence-corrected chi connectivity index (χ1v) is 8.16. The third kappa shape index (κ3) is 3.20. The highest BCUT2D eigenvalue weighted by Crippen LogP contribution is 2.42. The van der Waals surface area contributed by atoms with Crippen molar-refractivity contribution in [1.82, 2.24) is 4.98 Å². The Balaban J connectivity index is 1.63. The molecule has 4 nitrogen and oxygen atoms in total. The van der Waals surface area contributed by atoms with Crippen molar-refractivity contribution in [1.29, 1.82) is 0 Å². The van der Waals surface area contributed by atoms with E-state index in [1.54, 1.807) is 6.20 Å². The van der Waals surface area contributed by atoms with E-state index in [-0.39, 0.29) is 11.8 Å². The molecule has 2 fully saturated rings.